The highest BCUT2D eigenvalue weighted by atomic mass is 32.2. The molecule has 2 aliphatic carbocycles. The molecule has 1 saturated heterocycles. The van der Waals surface area contributed by atoms with Gasteiger partial charge in [-0.15, -0.1) is 0 Å². The maximum absolute atomic E-state index is 13.6. The highest BCUT2D eigenvalue weighted by Crippen LogP contribution is 2.61. The van der Waals surface area contributed by atoms with Gasteiger partial charge in [-0.1, -0.05) is 48.0 Å². The molecule has 2 amide bonds. The van der Waals surface area contributed by atoms with Crippen LogP contribution in [0, 0.1) is 30.6 Å². The number of nitrogens with zero attached hydrogens (tertiary/aromatic N) is 1. The summed E-state index contributed by atoms with van der Waals surface area (Å²) in [6, 6.07) is 27.9. The standard InChI is InChI=1S/C37H31NO8S/c1-22-7-17-29(18-8-22)47(43,44)46-28-15-11-24(12-16-28)32(39)21-45-37(42)25-9-13-27(14-10-25)38-35(40)33-26-19-30(23-5-3-2-4-6-23)31(20-26)34(33)36(38)41/h2-18,26,30-31,33-34H,19-21H2,1H3/t26-,30-,31-,33-,34+/m1/s1. The summed E-state index contributed by atoms with van der Waals surface area (Å²) in [5, 5.41) is 0. The van der Waals surface area contributed by atoms with Crippen molar-refractivity contribution in [3.8, 4) is 5.75 Å². The Balaban J connectivity index is 0.954. The predicted molar refractivity (Wildman–Crippen MR) is 171 cm³/mol. The van der Waals surface area contributed by atoms with E-state index in [2.05, 4.69) is 12.1 Å². The first-order valence-corrected chi connectivity index (χ1v) is 16.9. The molecule has 4 aromatic rings. The molecule has 0 radical (unpaired) electrons. The smallest absolute Gasteiger partial charge is 0.339 e. The normalized spacial score (nSPS) is 23.1. The van der Waals surface area contributed by atoms with Crippen LogP contribution in [0.4, 0.5) is 5.69 Å². The number of ketones is 1. The summed E-state index contributed by atoms with van der Waals surface area (Å²) < 4.78 is 35.4. The van der Waals surface area contributed by atoms with Gasteiger partial charge in [-0.2, -0.15) is 8.42 Å². The van der Waals surface area contributed by atoms with E-state index in [1.807, 2.05) is 25.1 Å². The average molecular weight is 650 g/mol. The van der Waals surface area contributed by atoms with Gasteiger partial charge in [0.05, 0.1) is 23.1 Å². The maximum atomic E-state index is 13.6. The van der Waals surface area contributed by atoms with Gasteiger partial charge in [0, 0.05) is 5.56 Å². The number of benzene rings is 4. The summed E-state index contributed by atoms with van der Waals surface area (Å²) >= 11 is 0. The van der Waals surface area contributed by atoms with Gasteiger partial charge in [-0.05, 0) is 104 Å². The van der Waals surface area contributed by atoms with E-state index in [0.29, 0.717) is 5.69 Å². The zero-order valence-corrected chi connectivity index (χ0v) is 26.3. The van der Waals surface area contributed by atoms with E-state index in [1.54, 1.807) is 24.3 Å². The quantitative estimate of drug-likeness (QED) is 0.0975. The maximum Gasteiger partial charge on any atom is 0.339 e. The molecule has 0 unspecified atom stereocenters. The SMILES string of the molecule is Cc1ccc(S(=O)(=O)Oc2ccc(C(=O)COC(=O)c3ccc(N4C(=O)[C@@H]5[C@H]6C[C@@H]([C@@H]5C4=O)[C@@H](c4ccccc4)C6)cc3)cc2)cc1. The molecule has 238 valence electrons. The van der Waals surface area contributed by atoms with Crippen molar-refractivity contribution in [2.24, 2.45) is 23.7 Å². The molecule has 4 aromatic carbocycles. The summed E-state index contributed by atoms with van der Waals surface area (Å²) in [5.41, 5.74) is 2.90. The van der Waals surface area contributed by atoms with Crippen LogP contribution in [0.3, 0.4) is 0 Å². The molecule has 1 aliphatic heterocycles. The molecule has 47 heavy (non-hydrogen) atoms. The third-order valence-corrected chi connectivity index (χ3v) is 10.9. The van der Waals surface area contributed by atoms with Gasteiger partial charge in [0.15, 0.2) is 12.4 Å². The average Bonchev–Trinajstić information content (AvgIpc) is 3.75. The van der Waals surface area contributed by atoms with Crippen molar-refractivity contribution in [2.45, 2.75) is 30.6 Å². The summed E-state index contributed by atoms with van der Waals surface area (Å²) in [6.07, 6.45) is 1.79. The van der Waals surface area contributed by atoms with E-state index in [9.17, 15) is 27.6 Å². The van der Waals surface area contributed by atoms with Gasteiger partial charge in [0.25, 0.3) is 0 Å². The Kier molecular flexibility index (Phi) is 7.76. The van der Waals surface area contributed by atoms with E-state index in [0.717, 1.165) is 18.4 Å². The summed E-state index contributed by atoms with van der Waals surface area (Å²) in [5.74, 6) is -1.62. The Bertz CT molecular complexity index is 1970. The molecule has 7 rings (SSSR count). The number of carbonyl (C=O) groups is 4. The molecule has 2 saturated carbocycles. The fourth-order valence-corrected chi connectivity index (χ4v) is 8.35. The number of rotatable bonds is 9. The van der Waals surface area contributed by atoms with E-state index in [1.165, 1.54) is 59.0 Å². The first-order chi connectivity index (χ1) is 22.6. The Labute approximate surface area is 272 Å². The van der Waals surface area contributed by atoms with Crippen LogP contribution < -0.4 is 9.08 Å². The molecule has 10 heteroatoms. The summed E-state index contributed by atoms with van der Waals surface area (Å²) in [6.45, 7) is 1.30. The second-order valence-corrected chi connectivity index (χ2v) is 13.9. The highest BCUT2D eigenvalue weighted by Gasteiger charge is 2.64. The van der Waals surface area contributed by atoms with Crippen LogP contribution in [-0.2, 0) is 24.4 Å². The van der Waals surface area contributed by atoms with Crippen LogP contribution in [0.5, 0.6) is 5.75 Å². The number of esters is 1. The number of amides is 2. The topological polar surface area (TPSA) is 124 Å². The van der Waals surface area contributed by atoms with Gasteiger partial charge in [-0.3, -0.25) is 19.3 Å². The highest BCUT2D eigenvalue weighted by molar-refractivity contribution is 7.87. The third kappa shape index (κ3) is 5.63. The minimum Gasteiger partial charge on any atom is -0.454 e. The molecule has 1 heterocycles. The number of hydrogen-bond donors (Lipinski definition) is 0. The zero-order chi connectivity index (χ0) is 32.9. The van der Waals surface area contributed by atoms with Crippen LogP contribution in [0.15, 0.2) is 108 Å². The first kappa shape index (κ1) is 30.6. The lowest BCUT2D eigenvalue weighted by Gasteiger charge is -2.28. The molecule has 2 bridgehead atoms. The lowest BCUT2D eigenvalue weighted by Crippen LogP contribution is -2.33. The predicted octanol–water partition coefficient (Wildman–Crippen LogP) is 5.73. The minimum absolute atomic E-state index is 0.00765. The van der Waals surface area contributed by atoms with E-state index < -0.39 is 28.5 Å². The van der Waals surface area contributed by atoms with Gasteiger partial charge in [-0.25, -0.2) is 4.79 Å². The van der Waals surface area contributed by atoms with Gasteiger partial charge in [0.2, 0.25) is 11.8 Å². The van der Waals surface area contributed by atoms with Crippen LogP contribution >= 0.6 is 0 Å². The molecule has 0 N–H and O–H groups in total. The number of ether oxygens (including phenoxy) is 1. The van der Waals surface area contributed by atoms with Crippen molar-refractivity contribution in [3.63, 3.8) is 0 Å². The van der Waals surface area contributed by atoms with Crippen LogP contribution in [0.1, 0.15) is 50.6 Å². The van der Waals surface area contributed by atoms with Crippen molar-refractivity contribution in [1.29, 1.82) is 0 Å². The molecule has 0 aromatic heterocycles. The number of anilines is 1. The monoisotopic (exact) mass is 649 g/mol. The van der Waals surface area contributed by atoms with Crippen LogP contribution in [-0.4, -0.2) is 38.6 Å². The Morgan fingerprint density at radius 2 is 1.40 bits per heavy atom. The van der Waals surface area contributed by atoms with E-state index in [-0.39, 0.29) is 63.2 Å². The Morgan fingerprint density at radius 3 is 2.09 bits per heavy atom. The van der Waals surface area contributed by atoms with Crippen molar-refractivity contribution in [2.75, 3.05) is 11.5 Å². The van der Waals surface area contributed by atoms with Crippen molar-refractivity contribution in [1.82, 2.24) is 0 Å². The largest absolute Gasteiger partial charge is 0.454 e. The molecule has 5 atom stereocenters. The second-order valence-electron chi connectivity index (χ2n) is 12.4. The summed E-state index contributed by atoms with van der Waals surface area (Å²) in [4.78, 5) is 53.7. The van der Waals surface area contributed by atoms with Crippen molar-refractivity contribution < 1.29 is 36.5 Å². The number of carbonyl (C=O) groups excluding carboxylic acids is 4. The van der Waals surface area contributed by atoms with Gasteiger partial charge >= 0.3 is 16.1 Å². The van der Waals surface area contributed by atoms with Gasteiger partial charge < -0.3 is 8.92 Å². The molecular formula is C37H31NO8S. The van der Waals surface area contributed by atoms with Crippen LogP contribution in [0.2, 0.25) is 0 Å². The second kappa shape index (κ2) is 11.9. The fourth-order valence-electron chi connectivity index (χ4n) is 7.42. The first-order valence-electron chi connectivity index (χ1n) is 15.4. The number of hydrogen-bond acceptors (Lipinski definition) is 8. The van der Waals surface area contributed by atoms with Crippen molar-refractivity contribution >= 4 is 39.4 Å². The number of fused-ring (bicyclic) bond motifs is 5. The number of aryl methyl sites for hydroxylation is 1. The fraction of sp³-hybridized carbons (Fsp3) is 0.243. The number of Topliss-reactive ketones (excluding diaryl/α,β-unsaturated/α-hetero) is 1. The van der Waals surface area contributed by atoms with Crippen molar-refractivity contribution in [3.05, 3.63) is 125 Å². The third-order valence-electron chi connectivity index (χ3n) is 9.63. The zero-order valence-electron chi connectivity index (χ0n) is 25.4. The molecule has 9 nitrogen and oxygen atoms in total. The Morgan fingerprint density at radius 1 is 0.766 bits per heavy atom. The van der Waals surface area contributed by atoms with E-state index in [4.69, 9.17) is 8.92 Å². The summed E-state index contributed by atoms with van der Waals surface area (Å²) in [7, 11) is -4.04. The molecular weight excluding hydrogens is 618 g/mol. The van der Waals surface area contributed by atoms with Crippen LogP contribution in [0.25, 0.3) is 0 Å². The molecule has 3 aliphatic rings. The molecule has 0 spiro atoms. The van der Waals surface area contributed by atoms with E-state index >= 15 is 0 Å². The Hall–Kier alpha value is -5.09. The lowest BCUT2D eigenvalue weighted by molar-refractivity contribution is -0.123. The molecule has 3 fully saturated rings. The lowest BCUT2D eigenvalue weighted by atomic mass is 9.73. The number of imide groups is 1. The minimum atomic E-state index is -4.04. The van der Waals surface area contributed by atoms with Gasteiger partial charge in [0.1, 0.15) is 10.6 Å².